The minimum Gasteiger partial charge on any atom is -0.508 e. The van der Waals surface area contributed by atoms with Crippen LogP contribution >= 0.6 is 0 Å². The van der Waals surface area contributed by atoms with Gasteiger partial charge in [0.2, 0.25) is 0 Å². The average Bonchev–Trinajstić information content (AvgIpc) is 3.65. The van der Waals surface area contributed by atoms with E-state index in [9.17, 15) is 14.8 Å². The van der Waals surface area contributed by atoms with Crippen LogP contribution in [0.2, 0.25) is 0 Å². The van der Waals surface area contributed by atoms with Gasteiger partial charge in [0, 0.05) is 54.5 Å². The second-order valence-electron chi connectivity index (χ2n) is 12.6. The van der Waals surface area contributed by atoms with E-state index in [1.807, 2.05) is 6.07 Å². The summed E-state index contributed by atoms with van der Waals surface area (Å²) in [4.78, 5) is 13.8. The minimum absolute atomic E-state index is 0.0242. The van der Waals surface area contributed by atoms with Gasteiger partial charge in [0.25, 0.3) is 0 Å². The first-order chi connectivity index (χ1) is 20.9. The Morgan fingerprint density at radius 1 is 1.09 bits per heavy atom. The molecule has 3 aromatic carbocycles. The van der Waals surface area contributed by atoms with Gasteiger partial charge in [-0.1, -0.05) is 18.2 Å². The zero-order valence-electron chi connectivity index (χ0n) is 23.7. The van der Waals surface area contributed by atoms with Crippen LogP contribution in [0.4, 0.5) is 14.6 Å². The van der Waals surface area contributed by atoms with Gasteiger partial charge in [0.05, 0.1) is 17.2 Å². The molecule has 8 nitrogen and oxygen atoms in total. The molecule has 0 saturated carbocycles. The third-order valence-corrected chi connectivity index (χ3v) is 9.89. The summed E-state index contributed by atoms with van der Waals surface area (Å²) in [6.07, 6.45) is 3.53. The number of anilines is 1. The van der Waals surface area contributed by atoms with E-state index in [1.54, 1.807) is 30.3 Å². The van der Waals surface area contributed by atoms with Gasteiger partial charge in [-0.3, -0.25) is 4.90 Å². The first-order valence-electron chi connectivity index (χ1n) is 15.1. The highest BCUT2D eigenvalue weighted by Crippen LogP contribution is 2.42. The van der Waals surface area contributed by atoms with E-state index in [2.05, 4.69) is 26.2 Å². The molecular weight excluding hydrogens is 550 g/mol. The molecule has 4 aromatic rings. The number of aromatic nitrogens is 2. The molecule has 43 heavy (non-hydrogen) atoms. The Balaban J connectivity index is 1.27. The van der Waals surface area contributed by atoms with Crippen molar-refractivity contribution in [1.82, 2.24) is 20.2 Å². The molecule has 4 fully saturated rings. The monoisotopic (exact) mass is 582 g/mol. The summed E-state index contributed by atoms with van der Waals surface area (Å²) >= 11 is 0. The number of benzene rings is 3. The van der Waals surface area contributed by atoms with E-state index in [1.165, 1.54) is 6.07 Å². The molecule has 5 heterocycles. The van der Waals surface area contributed by atoms with Crippen molar-refractivity contribution >= 4 is 27.5 Å². The molecule has 0 radical (unpaired) electrons. The van der Waals surface area contributed by atoms with Crippen LogP contribution in [-0.4, -0.2) is 76.6 Å². The van der Waals surface area contributed by atoms with Crippen molar-refractivity contribution in [3.63, 3.8) is 0 Å². The van der Waals surface area contributed by atoms with Crippen LogP contribution < -0.4 is 15.0 Å². The zero-order chi connectivity index (χ0) is 29.3. The Morgan fingerprint density at radius 2 is 1.93 bits per heavy atom. The molecule has 4 atom stereocenters. The van der Waals surface area contributed by atoms with Gasteiger partial charge in [-0.25, -0.2) is 8.78 Å². The number of phenolic OH excluding ortho intramolecular Hbond substituents is 1. The van der Waals surface area contributed by atoms with E-state index < -0.39 is 12.0 Å². The van der Waals surface area contributed by atoms with Gasteiger partial charge in [0.1, 0.15) is 29.9 Å². The highest BCUT2D eigenvalue weighted by atomic mass is 19.1. The van der Waals surface area contributed by atoms with E-state index >= 15 is 4.39 Å². The molecule has 0 unspecified atom stereocenters. The number of nitrogens with one attached hydrogen (secondary N) is 1. The molecule has 0 amide bonds. The second-order valence-corrected chi connectivity index (χ2v) is 12.6. The molecule has 4 saturated heterocycles. The third kappa shape index (κ3) is 4.36. The van der Waals surface area contributed by atoms with Gasteiger partial charge in [-0.05, 0) is 67.4 Å². The van der Waals surface area contributed by atoms with Gasteiger partial charge >= 0.3 is 6.01 Å². The SMILES string of the molecule is N#Cc1cccc2cc(O)cc(-c3ccc4c(N5C[C@H]6CC[C@@H](C5)N6)nc(OC[C@@]56CCCN5C[C@H](F)C6)nc4c3F)c12. The summed E-state index contributed by atoms with van der Waals surface area (Å²) < 4.78 is 37.4. The number of fused-ring (bicyclic) bond motifs is 5. The summed E-state index contributed by atoms with van der Waals surface area (Å²) in [5, 5.41) is 25.8. The summed E-state index contributed by atoms with van der Waals surface area (Å²) in [5.41, 5.74) is 0.753. The molecule has 0 aliphatic carbocycles. The largest absolute Gasteiger partial charge is 0.508 e. The normalized spacial score (nSPS) is 26.7. The van der Waals surface area contributed by atoms with Crippen molar-refractivity contribution in [2.45, 2.75) is 55.9 Å². The second kappa shape index (κ2) is 10.00. The number of nitriles is 1. The Morgan fingerprint density at radius 3 is 2.74 bits per heavy atom. The minimum atomic E-state index is -0.885. The Labute approximate surface area is 247 Å². The maximum absolute atomic E-state index is 16.8. The van der Waals surface area contributed by atoms with E-state index in [0.717, 1.165) is 45.3 Å². The smallest absolute Gasteiger partial charge is 0.319 e. The fraction of sp³-hybridized carbons (Fsp3) is 0.424. The summed E-state index contributed by atoms with van der Waals surface area (Å²) in [6.45, 7) is 3.00. The van der Waals surface area contributed by atoms with Crippen LogP contribution in [0.25, 0.3) is 32.8 Å². The number of phenols is 1. The lowest BCUT2D eigenvalue weighted by Gasteiger charge is -2.34. The standard InChI is InChI=1S/C33H32F2N6O2/c34-21-13-33(9-2-10-41(33)15-21)18-43-32-38-30-26(31(39-32)40-16-22-5-6-23(17-40)37-22)8-7-25(29(30)35)27-12-24(42)11-19-3-1-4-20(14-36)28(19)27/h1,3-4,7-8,11-12,21-23,37,42H,2,5-6,9-10,13,15-18H2/t21-,22-,23+,33+/m1/s1. The lowest BCUT2D eigenvalue weighted by atomic mass is 9.93. The molecule has 2 N–H and O–H groups in total. The number of rotatable bonds is 5. The van der Waals surface area contributed by atoms with Crippen molar-refractivity contribution in [3.05, 3.63) is 53.8 Å². The lowest BCUT2D eigenvalue weighted by molar-refractivity contribution is 0.107. The molecule has 2 bridgehead atoms. The fourth-order valence-corrected chi connectivity index (χ4v) is 7.97. The predicted molar refractivity (Wildman–Crippen MR) is 160 cm³/mol. The first-order valence-corrected chi connectivity index (χ1v) is 15.1. The van der Waals surface area contributed by atoms with Crippen LogP contribution in [-0.2, 0) is 0 Å². The van der Waals surface area contributed by atoms with Gasteiger partial charge in [0.15, 0.2) is 5.82 Å². The maximum Gasteiger partial charge on any atom is 0.319 e. The van der Waals surface area contributed by atoms with E-state index in [4.69, 9.17) is 9.72 Å². The highest BCUT2D eigenvalue weighted by molar-refractivity contribution is 6.03. The Hall–Kier alpha value is -4.07. The topological polar surface area (TPSA) is 97.5 Å². The molecule has 1 aromatic heterocycles. The number of halogens is 2. The van der Waals surface area contributed by atoms with Crippen LogP contribution in [0.1, 0.15) is 37.7 Å². The summed E-state index contributed by atoms with van der Waals surface area (Å²) in [6, 6.07) is 14.7. The molecule has 10 heteroatoms. The van der Waals surface area contributed by atoms with Gasteiger partial charge in [-0.2, -0.15) is 15.2 Å². The molecule has 4 aliphatic rings. The van der Waals surface area contributed by atoms with E-state index in [0.29, 0.717) is 58.2 Å². The van der Waals surface area contributed by atoms with Crippen LogP contribution in [0.15, 0.2) is 42.5 Å². The predicted octanol–water partition coefficient (Wildman–Crippen LogP) is 5.06. The van der Waals surface area contributed by atoms with Crippen molar-refractivity contribution in [2.75, 3.05) is 37.7 Å². The summed E-state index contributed by atoms with van der Waals surface area (Å²) in [5.74, 6) is 0.0240. The van der Waals surface area contributed by atoms with Crippen molar-refractivity contribution in [1.29, 1.82) is 5.26 Å². The van der Waals surface area contributed by atoms with Crippen LogP contribution in [0, 0.1) is 17.1 Å². The Bertz CT molecular complexity index is 1800. The number of piperazine rings is 1. The average molecular weight is 583 g/mol. The highest BCUT2D eigenvalue weighted by Gasteiger charge is 2.49. The molecule has 0 spiro atoms. The number of ether oxygens (including phenoxy) is 1. The number of nitrogens with zero attached hydrogens (tertiary/aromatic N) is 5. The first kappa shape index (κ1) is 26.5. The van der Waals surface area contributed by atoms with Crippen molar-refractivity contribution < 1.29 is 18.6 Å². The third-order valence-electron chi connectivity index (χ3n) is 9.89. The number of hydrogen-bond acceptors (Lipinski definition) is 8. The van der Waals surface area contributed by atoms with Gasteiger partial charge < -0.3 is 20.1 Å². The molecule has 220 valence electrons. The Kier molecular flexibility index (Phi) is 6.17. The quantitative estimate of drug-likeness (QED) is 0.337. The number of aromatic hydroxyl groups is 1. The number of hydrogen-bond donors (Lipinski definition) is 2. The van der Waals surface area contributed by atoms with Crippen molar-refractivity contribution in [3.8, 4) is 29.0 Å². The van der Waals surface area contributed by atoms with Crippen LogP contribution in [0.5, 0.6) is 11.8 Å². The number of alkyl halides is 1. The van der Waals surface area contributed by atoms with Gasteiger partial charge in [-0.15, -0.1) is 0 Å². The van der Waals surface area contributed by atoms with Crippen LogP contribution in [0.3, 0.4) is 0 Å². The maximum atomic E-state index is 16.8. The molecular formula is C33H32F2N6O2. The zero-order valence-corrected chi connectivity index (χ0v) is 23.7. The lowest BCUT2D eigenvalue weighted by Crippen LogP contribution is -2.51. The van der Waals surface area contributed by atoms with Crippen molar-refractivity contribution in [2.24, 2.45) is 0 Å². The van der Waals surface area contributed by atoms with E-state index in [-0.39, 0.29) is 35.0 Å². The molecule has 4 aliphatic heterocycles. The fourth-order valence-electron chi connectivity index (χ4n) is 7.97. The summed E-state index contributed by atoms with van der Waals surface area (Å²) in [7, 11) is 0. The molecule has 8 rings (SSSR count).